The number of nitrogens with one attached hydrogen (secondary N) is 1. The summed E-state index contributed by atoms with van der Waals surface area (Å²) in [7, 11) is -3.75. The van der Waals surface area contributed by atoms with Gasteiger partial charge in [-0.2, -0.15) is 0 Å². The minimum Gasteiger partial charge on any atom is -0.383 e. The van der Waals surface area contributed by atoms with E-state index in [9.17, 15) is 8.42 Å². The minimum absolute atomic E-state index is 0.206. The van der Waals surface area contributed by atoms with E-state index in [4.69, 9.17) is 11.5 Å². The summed E-state index contributed by atoms with van der Waals surface area (Å²) in [6.45, 7) is 3.36. The zero-order valence-electron chi connectivity index (χ0n) is 12.2. The number of fused-ring (bicyclic) bond motifs is 1. The van der Waals surface area contributed by atoms with Gasteiger partial charge in [0, 0.05) is 6.20 Å². The largest absolute Gasteiger partial charge is 0.383 e. The van der Waals surface area contributed by atoms with Gasteiger partial charge in [-0.15, -0.1) is 0 Å². The molecule has 0 radical (unpaired) electrons. The number of amidine groups is 1. The molecule has 5 N–H and O–H groups in total. The molecule has 0 spiro atoms. The molecule has 1 aromatic carbocycles. The highest BCUT2D eigenvalue weighted by Gasteiger charge is 2.31. The fourth-order valence-electron chi connectivity index (χ4n) is 2.47. The van der Waals surface area contributed by atoms with Gasteiger partial charge >= 0.3 is 0 Å². The maximum absolute atomic E-state index is 12.9. The monoisotopic (exact) mass is 319 g/mol. The Kier molecular flexibility index (Phi) is 3.05. The van der Waals surface area contributed by atoms with Crippen molar-refractivity contribution in [3.05, 3.63) is 47.7 Å². The summed E-state index contributed by atoms with van der Waals surface area (Å²) in [5.74, 6) is -0.632. The molecule has 2 aromatic rings. The summed E-state index contributed by atoms with van der Waals surface area (Å²) in [6, 6.07) is 8.40. The standard InChI is InChI=1S/C14H17N5O2S/c1-9-5-3-4-6-11(9)22(20,21)19-8-7-10-12(15)17-14(2,16)18-13(10)19/h3-8,18H,16H2,1-2H3,(H2,15,17). The van der Waals surface area contributed by atoms with Crippen molar-refractivity contribution in [1.29, 1.82) is 0 Å². The molecule has 0 amide bonds. The van der Waals surface area contributed by atoms with Gasteiger partial charge in [-0.1, -0.05) is 18.2 Å². The third-order valence-electron chi connectivity index (χ3n) is 3.48. The number of nitrogens with zero attached hydrogens (tertiary/aromatic N) is 2. The van der Waals surface area contributed by atoms with Crippen LogP contribution in [0.3, 0.4) is 0 Å². The van der Waals surface area contributed by atoms with E-state index in [1.54, 1.807) is 44.2 Å². The van der Waals surface area contributed by atoms with Gasteiger partial charge in [0.1, 0.15) is 11.7 Å². The van der Waals surface area contributed by atoms with Crippen molar-refractivity contribution in [3.8, 4) is 0 Å². The summed E-state index contributed by atoms with van der Waals surface area (Å²) in [6.07, 6.45) is 1.45. The number of hydrogen-bond acceptors (Lipinski definition) is 6. The third kappa shape index (κ3) is 2.16. The average molecular weight is 319 g/mol. The van der Waals surface area contributed by atoms with Crippen LogP contribution < -0.4 is 16.8 Å². The van der Waals surface area contributed by atoms with Gasteiger partial charge in [0.05, 0.1) is 10.5 Å². The SMILES string of the molecule is Cc1ccccc1S(=O)(=O)n1ccc2c1NC(C)(N)N=C2N. The number of hydrogen-bond donors (Lipinski definition) is 3. The number of aromatic nitrogens is 1. The molecule has 3 rings (SSSR count). The highest BCUT2D eigenvalue weighted by atomic mass is 32.2. The Hall–Kier alpha value is -2.32. The van der Waals surface area contributed by atoms with E-state index in [2.05, 4.69) is 10.3 Å². The van der Waals surface area contributed by atoms with E-state index in [1.807, 2.05) is 0 Å². The molecule has 1 atom stereocenters. The number of aryl methyl sites for hydroxylation is 1. The lowest BCUT2D eigenvalue weighted by molar-refractivity contribution is 0.555. The average Bonchev–Trinajstić information content (AvgIpc) is 2.82. The Morgan fingerprint density at radius 1 is 1.27 bits per heavy atom. The minimum atomic E-state index is -3.75. The van der Waals surface area contributed by atoms with Gasteiger partial charge < -0.3 is 11.1 Å². The summed E-state index contributed by atoms with van der Waals surface area (Å²) < 4.78 is 27.0. The first-order chi connectivity index (χ1) is 10.2. The lowest BCUT2D eigenvalue weighted by atomic mass is 10.2. The van der Waals surface area contributed by atoms with E-state index >= 15 is 0 Å². The Morgan fingerprint density at radius 3 is 2.64 bits per heavy atom. The lowest BCUT2D eigenvalue weighted by Gasteiger charge is -2.29. The van der Waals surface area contributed by atoms with Crippen LogP contribution in [-0.4, -0.2) is 24.0 Å². The van der Waals surface area contributed by atoms with Gasteiger partial charge in [0.25, 0.3) is 10.0 Å². The molecule has 1 aromatic heterocycles. The van der Waals surface area contributed by atoms with Gasteiger partial charge in [-0.3, -0.25) is 5.73 Å². The molecule has 8 heteroatoms. The maximum Gasteiger partial charge on any atom is 0.269 e. The Labute approximate surface area is 128 Å². The van der Waals surface area contributed by atoms with Gasteiger partial charge in [0.15, 0.2) is 5.79 Å². The third-order valence-corrected chi connectivity index (χ3v) is 5.32. The van der Waals surface area contributed by atoms with Crippen molar-refractivity contribution in [3.63, 3.8) is 0 Å². The summed E-state index contributed by atoms with van der Waals surface area (Å²) in [5.41, 5.74) is 13.0. The maximum atomic E-state index is 12.9. The predicted molar refractivity (Wildman–Crippen MR) is 85.1 cm³/mol. The molecule has 1 aliphatic heterocycles. The molecule has 1 aliphatic rings. The number of rotatable bonds is 2. The van der Waals surface area contributed by atoms with Crippen LogP contribution in [0.25, 0.3) is 0 Å². The summed E-state index contributed by atoms with van der Waals surface area (Å²) >= 11 is 0. The van der Waals surface area contributed by atoms with E-state index in [-0.39, 0.29) is 10.7 Å². The number of benzene rings is 1. The second-order valence-electron chi connectivity index (χ2n) is 5.41. The Morgan fingerprint density at radius 2 is 1.95 bits per heavy atom. The lowest BCUT2D eigenvalue weighted by Crippen LogP contribution is -2.48. The van der Waals surface area contributed by atoms with Crippen molar-refractivity contribution in [2.75, 3.05) is 5.32 Å². The van der Waals surface area contributed by atoms with Crippen LogP contribution in [0.5, 0.6) is 0 Å². The van der Waals surface area contributed by atoms with E-state index in [0.717, 1.165) is 3.97 Å². The van der Waals surface area contributed by atoms with Crippen LogP contribution in [-0.2, 0) is 10.0 Å². The molecule has 1 unspecified atom stereocenters. The Balaban J connectivity index is 2.21. The van der Waals surface area contributed by atoms with Crippen LogP contribution in [0.15, 0.2) is 46.4 Å². The summed E-state index contributed by atoms with van der Waals surface area (Å²) in [4.78, 5) is 4.33. The van der Waals surface area contributed by atoms with Gasteiger partial charge in [-0.05, 0) is 31.5 Å². The number of anilines is 1. The highest BCUT2D eigenvalue weighted by molar-refractivity contribution is 7.90. The topological polar surface area (TPSA) is 116 Å². The smallest absolute Gasteiger partial charge is 0.269 e. The molecule has 0 saturated heterocycles. The summed E-state index contributed by atoms with van der Waals surface area (Å²) in [5, 5.41) is 2.90. The second-order valence-corrected chi connectivity index (χ2v) is 7.20. The van der Waals surface area contributed by atoms with E-state index in [0.29, 0.717) is 16.9 Å². The van der Waals surface area contributed by atoms with Crippen molar-refractivity contribution in [1.82, 2.24) is 3.97 Å². The molecular weight excluding hydrogens is 302 g/mol. The normalized spacial score (nSPS) is 21.0. The van der Waals surface area contributed by atoms with Crippen LogP contribution in [0.2, 0.25) is 0 Å². The molecule has 0 aliphatic carbocycles. The van der Waals surface area contributed by atoms with Crippen molar-refractivity contribution in [2.24, 2.45) is 16.5 Å². The van der Waals surface area contributed by atoms with Crippen LogP contribution >= 0.6 is 0 Å². The zero-order chi connectivity index (χ0) is 16.1. The van der Waals surface area contributed by atoms with Crippen molar-refractivity contribution < 1.29 is 8.42 Å². The molecule has 7 nitrogen and oxygen atoms in total. The van der Waals surface area contributed by atoms with E-state index < -0.39 is 15.8 Å². The van der Waals surface area contributed by atoms with Crippen molar-refractivity contribution >= 4 is 21.7 Å². The van der Waals surface area contributed by atoms with Gasteiger partial charge in [-0.25, -0.2) is 17.4 Å². The zero-order valence-corrected chi connectivity index (χ0v) is 13.1. The number of nitrogens with two attached hydrogens (primary N) is 2. The first kappa shape index (κ1) is 14.6. The second kappa shape index (κ2) is 4.59. The number of aliphatic imine (C=N–C) groups is 1. The molecular formula is C14H17N5O2S. The Bertz CT molecular complexity index is 880. The fraction of sp³-hybridized carbons (Fsp3) is 0.214. The first-order valence-corrected chi connectivity index (χ1v) is 8.12. The quantitative estimate of drug-likeness (QED) is 0.757. The van der Waals surface area contributed by atoms with Crippen LogP contribution in [0, 0.1) is 6.92 Å². The molecule has 0 saturated carbocycles. The van der Waals surface area contributed by atoms with Gasteiger partial charge in [0.2, 0.25) is 0 Å². The molecule has 2 heterocycles. The molecule has 0 fully saturated rings. The predicted octanol–water partition coefficient (Wildman–Crippen LogP) is 0.797. The first-order valence-electron chi connectivity index (χ1n) is 6.68. The van der Waals surface area contributed by atoms with Crippen LogP contribution in [0.4, 0.5) is 5.82 Å². The van der Waals surface area contributed by atoms with Crippen LogP contribution in [0.1, 0.15) is 18.1 Å². The molecule has 116 valence electrons. The molecule has 0 bridgehead atoms. The fourth-order valence-corrected chi connectivity index (χ4v) is 4.02. The van der Waals surface area contributed by atoms with Crippen molar-refractivity contribution in [2.45, 2.75) is 24.5 Å². The van der Waals surface area contributed by atoms with E-state index in [1.165, 1.54) is 6.20 Å². The molecule has 22 heavy (non-hydrogen) atoms. The highest BCUT2D eigenvalue weighted by Crippen LogP contribution is 2.29.